The minimum absolute atomic E-state index is 0.125. The summed E-state index contributed by atoms with van der Waals surface area (Å²) in [6.45, 7) is -0.349. The molecule has 3 nitrogen and oxygen atoms in total. The first-order chi connectivity index (χ1) is 12.5. The monoisotopic (exact) mass is 404 g/mol. The lowest BCUT2D eigenvalue weighted by atomic mass is 10.1. The number of Topliss-reactive ketones (excluding diaryl/α,β-unsaturated/α-hetero) is 1. The van der Waals surface area contributed by atoms with E-state index >= 15 is 0 Å². The molecule has 0 radical (unpaired) electrons. The van der Waals surface area contributed by atoms with E-state index < -0.39 is 5.97 Å². The summed E-state index contributed by atoms with van der Waals surface area (Å²) in [5, 5.41) is 2.93. The highest BCUT2D eigenvalue weighted by Crippen LogP contribution is 2.24. The molecule has 0 unspecified atom stereocenters. The van der Waals surface area contributed by atoms with Gasteiger partial charge in [0.15, 0.2) is 6.61 Å². The normalized spacial score (nSPS) is 10.7. The van der Waals surface area contributed by atoms with Crippen molar-refractivity contribution in [3.05, 3.63) is 76.3 Å². The van der Waals surface area contributed by atoms with Crippen LogP contribution in [0.1, 0.15) is 10.4 Å². The van der Waals surface area contributed by atoms with Crippen LogP contribution in [-0.4, -0.2) is 24.1 Å². The van der Waals surface area contributed by atoms with Crippen LogP contribution in [0.5, 0.6) is 0 Å². The van der Waals surface area contributed by atoms with Crippen molar-refractivity contribution in [3.63, 3.8) is 0 Å². The Morgan fingerprint density at radius 1 is 0.923 bits per heavy atom. The van der Waals surface area contributed by atoms with E-state index in [1.165, 1.54) is 23.9 Å². The van der Waals surface area contributed by atoms with Crippen LogP contribution in [0.3, 0.4) is 0 Å². The van der Waals surface area contributed by atoms with Crippen molar-refractivity contribution in [2.45, 2.75) is 4.90 Å². The van der Waals surface area contributed by atoms with Gasteiger partial charge in [0.1, 0.15) is 0 Å². The predicted octanol–water partition coefficient (Wildman–Crippen LogP) is 5.66. The zero-order valence-electron chi connectivity index (χ0n) is 13.6. The Morgan fingerprint density at radius 2 is 1.69 bits per heavy atom. The maximum atomic E-state index is 12.1. The third-order valence-electron chi connectivity index (χ3n) is 3.67. The van der Waals surface area contributed by atoms with Crippen LogP contribution in [-0.2, 0) is 9.53 Å². The van der Waals surface area contributed by atoms with Gasteiger partial charge in [-0.2, -0.15) is 0 Å². The molecular weight excluding hydrogens is 391 g/mol. The fourth-order valence-electron chi connectivity index (χ4n) is 2.38. The van der Waals surface area contributed by atoms with E-state index in [1.807, 2.05) is 42.5 Å². The second-order valence-corrected chi connectivity index (χ2v) is 7.40. The molecule has 3 rings (SSSR count). The number of rotatable bonds is 6. The number of carbonyl (C=O) groups is 2. The van der Waals surface area contributed by atoms with Gasteiger partial charge in [-0.3, -0.25) is 9.59 Å². The highest BCUT2D eigenvalue weighted by molar-refractivity contribution is 8.00. The summed E-state index contributed by atoms with van der Waals surface area (Å²) in [6.07, 6.45) is 0. The summed E-state index contributed by atoms with van der Waals surface area (Å²) in [6, 6.07) is 18.6. The molecule has 0 bridgehead atoms. The topological polar surface area (TPSA) is 43.4 Å². The average Bonchev–Trinajstić information content (AvgIpc) is 2.64. The number of esters is 1. The fourth-order valence-corrected chi connectivity index (χ4v) is 3.64. The van der Waals surface area contributed by atoms with Gasteiger partial charge in [-0.15, -0.1) is 11.8 Å². The van der Waals surface area contributed by atoms with Gasteiger partial charge in [-0.05, 0) is 41.1 Å². The number of hydrogen-bond acceptors (Lipinski definition) is 4. The van der Waals surface area contributed by atoms with E-state index in [9.17, 15) is 9.59 Å². The molecule has 3 aromatic carbocycles. The summed E-state index contributed by atoms with van der Waals surface area (Å²) in [4.78, 5) is 25.0. The lowest BCUT2D eigenvalue weighted by molar-refractivity contribution is -0.139. The first-order valence-electron chi connectivity index (χ1n) is 7.78. The van der Waals surface area contributed by atoms with Gasteiger partial charge >= 0.3 is 5.97 Å². The molecule has 0 saturated heterocycles. The molecule has 0 aliphatic heterocycles. The Labute approximate surface area is 165 Å². The standard InChI is InChI=1S/C20H14Cl2O3S/c21-15-6-8-17(18(22)10-15)19(23)11-25-20(24)12-26-16-7-5-13-3-1-2-4-14(13)9-16/h1-10H,11-12H2. The number of fused-ring (bicyclic) bond motifs is 1. The van der Waals surface area contributed by atoms with Crippen molar-refractivity contribution in [1.82, 2.24) is 0 Å². The SMILES string of the molecule is O=C(CSc1ccc2ccccc2c1)OCC(=O)c1ccc(Cl)cc1Cl. The highest BCUT2D eigenvalue weighted by atomic mass is 35.5. The van der Waals surface area contributed by atoms with Crippen LogP contribution in [0.15, 0.2) is 65.6 Å². The molecule has 0 atom stereocenters. The van der Waals surface area contributed by atoms with Crippen molar-refractivity contribution >= 4 is 57.5 Å². The first-order valence-corrected chi connectivity index (χ1v) is 9.52. The molecule has 3 aromatic rings. The molecule has 0 aromatic heterocycles. The Kier molecular flexibility index (Phi) is 6.20. The van der Waals surface area contributed by atoms with Crippen LogP contribution >= 0.6 is 35.0 Å². The lowest BCUT2D eigenvalue weighted by Crippen LogP contribution is -2.15. The molecule has 0 aliphatic carbocycles. The number of halogens is 2. The summed E-state index contributed by atoms with van der Waals surface area (Å²) in [5.74, 6) is -0.697. The molecule has 26 heavy (non-hydrogen) atoms. The maximum absolute atomic E-state index is 12.1. The van der Waals surface area contributed by atoms with Gasteiger partial charge in [-0.1, -0.05) is 53.5 Å². The Morgan fingerprint density at radius 3 is 2.46 bits per heavy atom. The van der Waals surface area contributed by atoms with Crippen molar-refractivity contribution in [1.29, 1.82) is 0 Å². The molecule has 0 fully saturated rings. The zero-order chi connectivity index (χ0) is 18.5. The van der Waals surface area contributed by atoms with Crippen molar-refractivity contribution in [2.75, 3.05) is 12.4 Å². The van der Waals surface area contributed by atoms with E-state index in [0.717, 1.165) is 15.7 Å². The van der Waals surface area contributed by atoms with Gasteiger partial charge in [-0.25, -0.2) is 0 Å². The Balaban J connectivity index is 1.52. The summed E-state index contributed by atoms with van der Waals surface area (Å²) >= 11 is 13.1. The largest absolute Gasteiger partial charge is 0.457 e. The van der Waals surface area contributed by atoms with Gasteiger partial charge in [0.2, 0.25) is 5.78 Å². The van der Waals surface area contributed by atoms with Crippen LogP contribution < -0.4 is 0 Å². The number of thioether (sulfide) groups is 1. The Hall–Kier alpha value is -2.01. The molecular formula is C20H14Cl2O3S. The van der Waals surface area contributed by atoms with Crippen molar-refractivity contribution in [2.24, 2.45) is 0 Å². The highest BCUT2D eigenvalue weighted by Gasteiger charge is 2.14. The minimum Gasteiger partial charge on any atom is -0.457 e. The van der Waals surface area contributed by atoms with Gasteiger partial charge < -0.3 is 4.74 Å². The Bertz CT molecular complexity index is 972. The van der Waals surface area contributed by atoms with Crippen LogP contribution in [0.2, 0.25) is 10.0 Å². The van der Waals surface area contributed by atoms with Crippen molar-refractivity contribution < 1.29 is 14.3 Å². The van der Waals surface area contributed by atoms with E-state index in [1.54, 1.807) is 6.07 Å². The number of benzene rings is 3. The molecule has 0 spiro atoms. The number of ketones is 1. The molecule has 0 N–H and O–H groups in total. The van der Waals surface area contributed by atoms with E-state index in [0.29, 0.717) is 5.02 Å². The first kappa shape index (κ1) is 18.8. The average molecular weight is 405 g/mol. The molecule has 132 valence electrons. The third-order valence-corrected chi connectivity index (χ3v) is 5.19. The van der Waals surface area contributed by atoms with Crippen LogP contribution in [0, 0.1) is 0 Å². The van der Waals surface area contributed by atoms with E-state index in [2.05, 4.69) is 0 Å². The predicted molar refractivity (Wildman–Crippen MR) is 106 cm³/mol. The zero-order valence-corrected chi connectivity index (χ0v) is 15.9. The van der Waals surface area contributed by atoms with E-state index in [-0.39, 0.29) is 28.7 Å². The minimum atomic E-state index is -0.457. The molecule has 0 saturated carbocycles. The van der Waals surface area contributed by atoms with Crippen LogP contribution in [0.25, 0.3) is 10.8 Å². The molecule has 0 aliphatic rings. The summed E-state index contributed by atoms with van der Waals surface area (Å²) in [5.41, 5.74) is 0.283. The van der Waals surface area contributed by atoms with Crippen LogP contribution in [0.4, 0.5) is 0 Å². The maximum Gasteiger partial charge on any atom is 0.316 e. The van der Waals surface area contributed by atoms with Gasteiger partial charge in [0.25, 0.3) is 0 Å². The fraction of sp³-hybridized carbons (Fsp3) is 0.100. The van der Waals surface area contributed by atoms with Gasteiger partial charge in [0, 0.05) is 15.5 Å². The second-order valence-electron chi connectivity index (χ2n) is 5.51. The quantitative estimate of drug-likeness (QED) is 0.301. The number of carbonyl (C=O) groups excluding carboxylic acids is 2. The molecule has 0 amide bonds. The molecule has 6 heteroatoms. The molecule has 0 heterocycles. The smallest absolute Gasteiger partial charge is 0.316 e. The van der Waals surface area contributed by atoms with Crippen molar-refractivity contribution in [3.8, 4) is 0 Å². The summed E-state index contributed by atoms with van der Waals surface area (Å²) < 4.78 is 5.05. The lowest BCUT2D eigenvalue weighted by Gasteiger charge is -2.07. The third kappa shape index (κ3) is 4.79. The van der Waals surface area contributed by atoms with E-state index in [4.69, 9.17) is 27.9 Å². The summed E-state index contributed by atoms with van der Waals surface area (Å²) in [7, 11) is 0. The van der Waals surface area contributed by atoms with Gasteiger partial charge in [0.05, 0.1) is 10.8 Å². The number of ether oxygens (including phenoxy) is 1. The number of hydrogen-bond donors (Lipinski definition) is 0. The second kappa shape index (κ2) is 8.58.